The van der Waals surface area contributed by atoms with E-state index < -0.39 is 0 Å². The number of carbonyl (C=O) groups excluding carboxylic acids is 1. The molecule has 0 aliphatic rings. The highest BCUT2D eigenvalue weighted by molar-refractivity contribution is 7.22. The van der Waals surface area contributed by atoms with E-state index in [9.17, 15) is 4.79 Å². The maximum Gasteiger partial charge on any atom is 0.282 e. The normalized spacial score (nSPS) is 11.2. The van der Waals surface area contributed by atoms with Crippen LogP contribution in [0.3, 0.4) is 0 Å². The number of aryl methyl sites for hydroxylation is 1. The van der Waals surface area contributed by atoms with E-state index in [-0.39, 0.29) is 11.6 Å². The summed E-state index contributed by atoms with van der Waals surface area (Å²) in [5.74, 6) is 0.303. The Morgan fingerprint density at radius 1 is 1.38 bits per heavy atom. The molecular weight excluding hydrogens is 374 g/mol. The zero-order chi connectivity index (χ0) is 18.1. The van der Waals surface area contributed by atoms with Crippen molar-refractivity contribution in [2.24, 2.45) is 0 Å². The van der Waals surface area contributed by atoms with E-state index in [0.29, 0.717) is 34.5 Å². The monoisotopic (exact) mass is 387 g/mol. The zero-order valence-corrected chi connectivity index (χ0v) is 15.4. The van der Waals surface area contributed by atoms with Gasteiger partial charge in [-0.05, 0) is 25.1 Å². The van der Waals surface area contributed by atoms with Crippen LogP contribution in [0.2, 0.25) is 5.02 Å². The van der Waals surface area contributed by atoms with Crippen LogP contribution in [0, 0.1) is 6.92 Å². The third-order valence-electron chi connectivity index (χ3n) is 3.79. The summed E-state index contributed by atoms with van der Waals surface area (Å²) in [6.07, 6.45) is 3.54. The average Bonchev–Trinajstić information content (AvgIpc) is 3.35. The average molecular weight is 388 g/mol. The highest BCUT2D eigenvalue weighted by atomic mass is 35.5. The number of amides is 1. The molecule has 0 atom stereocenters. The molecule has 0 spiro atoms. The van der Waals surface area contributed by atoms with E-state index in [1.165, 1.54) is 11.3 Å². The van der Waals surface area contributed by atoms with Gasteiger partial charge in [-0.25, -0.2) is 4.98 Å². The van der Waals surface area contributed by atoms with Gasteiger partial charge in [0, 0.05) is 25.0 Å². The molecule has 0 bridgehead atoms. The highest BCUT2D eigenvalue weighted by Gasteiger charge is 2.24. The molecular formula is C17H14ClN5O2S. The number of anilines is 1. The predicted octanol–water partition coefficient (Wildman–Crippen LogP) is 3.79. The summed E-state index contributed by atoms with van der Waals surface area (Å²) in [7, 11) is 0. The van der Waals surface area contributed by atoms with Gasteiger partial charge in [-0.1, -0.05) is 34.2 Å². The van der Waals surface area contributed by atoms with Gasteiger partial charge < -0.3 is 4.52 Å². The number of hydrogen-bond donors (Lipinski definition) is 0. The molecule has 0 unspecified atom stereocenters. The van der Waals surface area contributed by atoms with Crippen LogP contribution < -0.4 is 4.90 Å². The quantitative estimate of drug-likeness (QED) is 0.520. The first-order valence-electron chi connectivity index (χ1n) is 7.89. The second kappa shape index (κ2) is 6.89. The number of thiazole rings is 1. The lowest BCUT2D eigenvalue weighted by Crippen LogP contribution is -2.34. The Morgan fingerprint density at radius 3 is 2.96 bits per heavy atom. The summed E-state index contributed by atoms with van der Waals surface area (Å²) in [4.78, 5) is 19.1. The molecule has 0 fully saturated rings. The number of para-hydroxylation sites is 1. The van der Waals surface area contributed by atoms with Crippen molar-refractivity contribution >= 4 is 44.2 Å². The smallest absolute Gasteiger partial charge is 0.282 e. The van der Waals surface area contributed by atoms with E-state index in [2.05, 4.69) is 15.2 Å². The van der Waals surface area contributed by atoms with E-state index >= 15 is 0 Å². The molecule has 132 valence electrons. The molecule has 1 amide bonds. The summed E-state index contributed by atoms with van der Waals surface area (Å²) in [5.41, 5.74) is 0.927. The Hall–Kier alpha value is -2.71. The van der Waals surface area contributed by atoms with E-state index in [4.69, 9.17) is 16.1 Å². The second-order valence-corrected chi connectivity index (χ2v) is 7.05. The first-order chi connectivity index (χ1) is 12.6. The molecule has 0 saturated heterocycles. The summed E-state index contributed by atoms with van der Waals surface area (Å²) in [6, 6.07) is 9.03. The summed E-state index contributed by atoms with van der Waals surface area (Å²) in [5, 5.41) is 9.14. The second-order valence-electron chi connectivity index (χ2n) is 5.63. The van der Waals surface area contributed by atoms with Gasteiger partial charge in [0.15, 0.2) is 10.8 Å². The maximum absolute atomic E-state index is 13.0. The summed E-state index contributed by atoms with van der Waals surface area (Å²) in [6.45, 7) is 2.67. The van der Waals surface area contributed by atoms with Crippen molar-refractivity contribution in [2.45, 2.75) is 13.5 Å². The summed E-state index contributed by atoms with van der Waals surface area (Å²) < 4.78 is 7.72. The Kier molecular flexibility index (Phi) is 4.44. The van der Waals surface area contributed by atoms with E-state index in [1.807, 2.05) is 24.4 Å². The minimum atomic E-state index is -0.274. The standard InChI is InChI=1S/C17H14ClN5O2S/c1-11-10-13(21-25-11)16(24)23(9-8-22-7-3-6-19-22)17-20-15-12(18)4-2-5-14(15)26-17/h2-7,10H,8-9H2,1H3. The molecule has 0 N–H and O–H groups in total. The molecule has 3 aromatic heterocycles. The largest absolute Gasteiger partial charge is 0.361 e. The Bertz CT molecular complexity index is 1060. The number of halogens is 1. The Balaban J connectivity index is 1.70. The number of nitrogens with zero attached hydrogens (tertiary/aromatic N) is 5. The molecule has 0 aliphatic carbocycles. The van der Waals surface area contributed by atoms with Gasteiger partial charge in [-0.2, -0.15) is 5.10 Å². The van der Waals surface area contributed by atoms with Gasteiger partial charge in [0.1, 0.15) is 11.3 Å². The van der Waals surface area contributed by atoms with Crippen molar-refractivity contribution in [3.8, 4) is 0 Å². The van der Waals surface area contributed by atoms with Crippen molar-refractivity contribution in [3.63, 3.8) is 0 Å². The van der Waals surface area contributed by atoms with Crippen LogP contribution in [0.4, 0.5) is 5.13 Å². The SMILES string of the molecule is Cc1cc(C(=O)N(CCn2cccn2)c2nc3c(Cl)cccc3s2)no1. The highest BCUT2D eigenvalue weighted by Crippen LogP contribution is 2.33. The minimum absolute atomic E-state index is 0.244. The molecule has 3 heterocycles. The zero-order valence-electron chi connectivity index (χ0n) is 13.8. The van der Waals surface area contributed by atoms with Crippen LogP contribution in [-0.4, -0.2) is 32.4 Å². The topological polar surface area (TPSA) is 77.1 Å². The lowest BCUT2D eigenvalue weighted by Gasteiger charge is -2.18. The number of hydrogen-bond acceptors (Lipinski definition) is 6. The summed E-state index contributed by atoms with van der Waals surface area (Å²) >= 11 is 7.64. The molecule has 4 rings (SSSR count). The van der Waals surface area contributed by atoms with Gasteiger partial charge >= 0.3 is 0 Å². The van der Waals surface area contributed by atoms with Crippen LogP contribution in [-0.2, 0) is 6.54 Å². The van der Waals surface area contributed by atoms with Crippen molar-refractivity contribution in [3.05, 3.63) is 59.2 Å². The fourth-order valence-corrected chi connectivity index (χ4v) is 3.83. The third-order valence-corrected chi connectivity index (χ3v) is 5.14. The van der Waals surface area contributed by atoms with Crippen LogP contribution in [0.5, 0.6) is 0 Å². The molecule has 26 heavy (non-hydrogen) atoms. The van der Waals surface area contributed by atoms with E-state index in [0.717, 1.165) is 4.70 Å². The van der Waals surface area contributed by atoms with Crippen LogP contribution in [0.25, 0.3) is 10.2 Å². The fraction of sp³-hybridized carbons (Fsp3) is 0.176. The predicted molar refractivity (Wildman–Crippen MR) is 99.8 cm³/mol. The van der Waals surface area contributed by atoms with Crippen LogP contribution in [0.1, 0.15) is 16.2 Å². The van der Waals surface area contributed by atoms with Crippen molar-refractivity contribution in [1.29, 1.82) is 0 Å². The Morgan fingerprint density at radius 2 is 2.27 bits per heavy atom. The molecule has 4 aromatic rings. The molecule has 7 nitrogen and oxygen atoms in total. The van der Waals surface area contributed by atoms with Gasteiger partial charge in [0.25, 0.3) is 5.91 Å². The Labute approximate surface area is 157 Å². The maximum atomic E-state index is 13.0. The lowest BCUT2D eigenvalue weighted by atomic mass is 10.3. The van der Waals surface area contributed by atoms with Crippen LogP contribution in [0.15, 0.2) is 47.2 Å². The molecule has 1 aromatic carbocycles. The number of benzene rings is 1. The van der Waals surface area contributed by atoms with Gasteiger partial charge in [-0.3, -0.25) is 14.4 Å². The minimum Gasteiger partial charge on any atom is -0.361 e. The number of rotatable bonds is 5. The molecule has 0 radical (unpaired) electrons. The lowest BCUT2D eigenvalue weighted by molar-refractivity contribution is 0.0977. The van der Waals surface area contributed by atoms with Crippen molar-refractivity contribution in [1.82, 2.24) is 19.9 Å². The van der Waals surface area contributed by atoms with E-state index in [1.54, 1.807) is 34.8 Å². The first kappa shape index (κ1) is 16.7. The fourth-order valence-electron chi connectivity index (χ4n) is 2.54. The van der Waals surface area contributed by atoms with Crippen molar-refractivity contribution in [2.75, 3.05) is 11.4 Å². The van der Waals surface area contributed by atoms with Gasteiger partial charge in [0.2, 0.25) is 0 Å². The third kappa shape index (κ3) is 3.21. The molecule has 0 aliphatic heterocycles. The first-order valence-corrected chi connectivity index (χ1v) is 9.09. The van der Waals surface area contributed by atoms with Crippen molar-refractivity contribution < 1.29 is 9.32 Å². The number of carbonyl (C=O) groups is 1. The molecule has 0 saturated carbocycles. The van der Waals surface area contributed by atoms with Gasteiger partial charge in [-0.15, -0.1) is 0 Å². The molecule has 9 heteroatoms. The van der Waals surface area contributed by atoms with Gasteiger partial charge in [0.05, 0.1) is 16.3 Å². The number of fused-ring (bicyclic) bond motifs is 1. The number of aromatic nitrogens is 4. The van der Waals surface area contributed by atoms with Crippen LogP contribution >= 0.6 is 22.9 Å².